The van der Waals surface area contributed by atoms with Gasteiger partial charge >= 0.3 is 11.9 Å². The summed E-state index contributed by atoms with van der Waals surface area (Å²) in [6.45, 7) is 2.56. The Balaban J connectivity index is 1.81. The zero-order valence-corrected chi connectivity index (χ0v) is 40.7. The third-order valence-corrected chi connectivity index (χ3v) is 12.4. The highest BCUT2D eigenvalue weighted by Gasteiger charge is 2.47. The summed E-state index contributed by atoms with van der Waals surface area (Å²) in [6.07, 6.45) is 22.0. The molecule has 0 aliphatic carbocycles. The molecule has 2 rings (SSSR count). The zero-order valence-electron chi connectivity index (χ0n) is 40.7. The first-order chi connectivity index (χ1) is 32.0. The lowest BCUT2D eigenvalue weighted by atomic mass is 9.98. The molecule has 0 bridgehead atoms. The van der Waals surface area contributed by atoms with Crippen molar-refractivity contribution >= 4 is 11.9 Å². The molecule has 15 heteroatoms. The minimum Gasteiger partial charge on any atom is -0.462 e. The second-order valence-electron chi connectivity index (χ2n) is 18.4. The van der Waals surface area contributed by atoms with Crippen molar-refractivity contribution in [1.29, 1.82) is 0 Å². The topological polar surface area (TPSA) is 231 Å². The molecule has 0 spiro atoms. The number of aliphatic hydroxyl groups excluding tert-OH is 7. The lowest BCUT2D eigenvalue weighted by molar-refractivity contribution is -0.332. The molecule has 7 N–H and O–H groups in total. The van der Waals surface area contributed by atoms with E-state index in [0.717, 1.165) is 64.2 Å². The van der Waals surface area contributed by atoms with E-state index in [1.54, 1.807) is 0 Å². The van der Waals surface area contributed by atoms with Crippen LogP contribution >= 0.6 is 0 Å². The van der Waals surface area contributed by atoms with Crippen molar-refractivity contribution < 1.29 is 73.8 Å². The third kappa shape index (κ3) is 26.7. The van der Waals surface area contributed by atoms with Crippen LogP contribution in [0.2, 0.25) is 0 Å². The van der Waals surface area contributed by atoms with Crippen molar-refractivity contribution in [3.8, 4) is 0 Å². The molecule has 2 aliphatic rings. The summed E-state index contributed by atoms with van der Waals surface area (Å²) < 4.78 is 33.6. The van der Waals surface area contributed by atoms with Crippen LogP contribution in [0.4, 0.5) is 0 Å². The SMILES string of the molecule is CCCCC/C=C\C/C=C\CCCCCCCC(=O)O[C@H](COC(=O)CCCCCCCCCCCCCCCCC)CO[C@@H]1O[C@H](CO[C@H]2O[C@H](CO)[C@H](O)[C@H](O)[C@H]2O)[C@H](O)[C@H](O)[C@H]1O. The summed E-state index contributed by atoms with van der Waals surface area (Å²) in [5.74, 6) is -0.934. The van der Waals surface area contributed by atoms with Gasteiger partial charge in [-0.05, 0) is 44.9 Å². The van der Waals surface area contributed by atoms with E-state index >= 15 is 0 Å². The quantitative estimate of drug-likeness (QED) is 0.0184. The summed E-state index contributed by atoms with van der Waals surface area (Å²) in [5, 5.41) is 72.1. The first-order valence-corrected chi connectivity index (χ1v) is 25.9. The minimum atomic E-state index is -1.76. The largest absolute Gasteiger partial charge is 0.462 e. The van der Waals surface area contributed by atoms with E-state index in [9.17, 15) is 45.3 Å². The average molecular weight is 945 g/mol. The zero-order chi connectivity index (χ0) is 48.2. The maximum absolute atomic E-state index is 13.0. The van der Waals surface area contributed by atoms with Gasteiger partial charge in [-0.1, -0.05) is 160 Å². The van der Waals surface area contributed by atoms with Gasteiger partial charge in [0.1, 0.15) is 55.4 Å². The molecule has 0 aromatic rings. The number of aliphatic hydroxyl groups is 7. The smallest absolute Gasteiger partial charge is 0.306 e. The molecule has 0 amide bonds. The van der Waals surface area contributed by atoms with Gasteiger partial charge in [-0.15, -0.1) is 0 Å². The minimum absolute atomic E-state index is 0.152. The summed E-state index contributed by atoms with van der Waals surface area (Å²) in [7, 11) is 0. The van der Waals surface area contributed by atoms with Gasteiger partial charge in [-0.3, -0.25) is 9.59 Å². The summed E-state index contributed by atoms with van der Waals surface area (Å²) in [4.78, 5) is 25.7. The highest BCUT2D eigenvalue weighted by atomic mass is 16.7. The molecule has 2 aliphatic heterocycles. The number of rotatable bonds is 40. The van der Waals surface area contributed by atoms with Crippen molar-refractivity contribution in [2.45, 2.75) is 261 Å². The Labute approximate surface area is 396 Å². The van der Waals surface area contributed by atoms with E-state index < -0.39 is 92.7 Å². The number of ether oxygens (including phenoxy) is 6. The monoisotopic (exact) mass is 945 g/mol. The summed E-state index contributed by atoms with van der Waals surface area (Å²) in [5.41, 5.74) is 0. The highest BCUT2D eigenvalue weighted by Crippen LogP contribution is 2.26. The van der Waals surface area contributed by atoms with Crippen LogP contribution in [0.1, 0.15) is 194 Å². The van der Waals surface area contributed by atoms with Crippen LogP contribution < -0.4 is 0 Å². The molecule has 386 valence electrons. The fourth-order valence-electron chi connectivity index (χ4n) is 8.13. The molecule has 15 nitrogen and oxygen atoms in total. The molecule has 2 saturated heterocycles. The van der Waals surface area contributed by atoms with Crippen LogP contribution in [0.5, 0.6) is 0 Å². The third-order valence-electron chi connectivity index (χ3n) is 12.4. The van der Waals surface area contributed by atoms with E-state index in [1.165, 1.54) is 89.9 Å². The second-order valence-corrected chi connectivity index (χ2v) is 18.4. The van der Waals surface area contributed by atoms with Gasteiger partial charge < -0.3 is 64.2 Å². The molecular formula is C51H92O15. The number of allylic oxidation sites excluding steroid dienone is 4. The lowest BCUT2D eigenvalue weighted by Crippen LogP contribution is -2.61. The summed E-state index contributed by atoms with van der Waals surface area (Å²) >= 11 is 0. The van der Waals surface area contributed by atoms with E-state index in [4.69, 9.17) is 28.4 Å². The Morgan fingerprint density at radius 3 is 1.44 bits per heavy atom. The van der Waals surface area contributed by atoms with E-state index in [2.05, 4.69) is 38.2 Å². The maximum atomic E-state index is 13.0. The molecule has 0 radical (unpaired) electrons. The Hall–Kier alpha value is -2.02. The lowest BCUT2D eigenvalue weighted by Gasteiger charge is -2.42. The van der Waals surface area contributed by atoms with Gasteiger partial charge in [0.15, 0.2) is 18.7 Å². The predicted octanol–water partition coefficient (Wildman–Crippen LogP) is 7.16. The Morgan fingerprint density at radius 1 is 0.485 bits per heavy atom. The van der Waals surface area contributed by atoms with Crippen molar-refractivity contribution in [2.75, 3.05) is 26.4 Å². The first kappa shape index (κ1) is 60.1. The number of unbranched alkanes of at least 4 members (excludes halogenated alkanes) is 22. The van der Waals surface area contributed by atoms with Gasteiger partial charge in [-0.2, -0.15) is 0 Å². The van der Waals surface area contributed by atoms with Crippen LogP contribution in [0.3, 0.4) is 0 Å². The van der Waals surface area contributed by atoms with Crippen LogP contribution in [-0.4, -0.2) is 142 Å². The number of carbonyl (C=O) groups excluding carboxylic acids is 2. The van der Waals surface area contributed by atoms with Crippen molar-refractivity contribution in [3.05, 3.63) is 24.3 Å². The number of esters is 2. The van der Waals surface area contributed by atoms with Gasteiger partial charge in [0.2, 0.25) is 0 Å². The highest BCUT2D eigenvalue weighted by molar-refractivity contribution is 5.70. The molecule has 66 heavy (non-hydrogen) atoms. The first-order valence-electron chi connectivity index (χ1n) is 25.9. The fourth-order valence-corrected chi connectivity index (χ4v) is 8.13. The van der Waals surface area contributed by atoms with E-state index in [-0.39, 0.29) is 26.1 Å². The number of carbonyl (C=O) groups is 2. The van der Waals surface area contributed by atoms with Gasteiger partial charge in [0.25, 0.3) is 0 Å². The van der Waals surface area contributed by atoms with Gasteiger partial charge in [0, 0.05) is 12.8 Å². The molecule has 2 heterocycles. The van der Waals surface area contributed by atoms with Gasteiger partial charge in [-0.25, -0.2) is 0 Å². The van der Waals surface area contributed by atoms with Crippen LogP contribution in [0.15, 0.2) is 24.3 Å². The van der Waals surface area contributed by atoms with E-state index in [0.29, 0.717) is 12.8 Å². The molecule has 0 aromatic carbocycles. The molecule has 0 aromatic heterocycles. The van der Waals surface area contributed by atoms with Crippen LogP contribution in [0, 0.1) is 0 Å². The fraction of sp³-hybridized carbons (Fsp3) is 0.882. The predicted molar refractivity (Wildman–Crippen MR) is 252 cm³/mol. The Bertz CT molecular complexity index is 1250. The standard InChI is InChI=1S/C51H92O15/c1-3-5-7-9-11-13-15-17-19-21-23-25-27-29-31-33-42(53)61-36-39(64-43(54)34-32-30-28-26-24-22-20-18-16-14-12-10-8-6-4-2)37-62-50-49(60)47(58)45(56)41(66-50)38-63-51-48(59)46(57)44(55)40(35-52)65-51/h12,14,18,20,39-41,44-52,55-60H,3-11,13,15-17,19,21-38H2,1-2H3/b14-12-,20-18-/t39-,40-,41-,44+,45+,46+,47+,48-,49-,50-,51+/m1/s1. The Kier molecular flexibility index (Phi) is 35.3. The molecule has 2 fully saturated rings. The van der Waals surface area contributed by atoms with E-state index in [1.807, 2.05) is 0 Å². The Morgan fingerprint density at radius 2 is 0.909 bits per heavy atom. The molecule has 11 atom stereocenters. The van der Waals surface area contributed by atoms with Gasteiger partial charge in [0.05, 0.1) is 19.8 Å². The maximum Gasteiger partial charge on any atom is 0.306 e. The number of hydrogen-bond donors (Lipinski definition) is 7. The second kappa shape index (κ2) is 38.8. The van der Waals surface area contributed by atoms with Crippen molar-refractivity contribution in [3.63, 3.8) is 0 Å². The average Bonchev–Trinajstić information content (AvgIpc) is 3.31. The van der Waals surface area contributed by atoms with Crippen molar-refractivity contribution in [1.82, 2.24) is 0 Å². The van der Waals surface area contributed by atoms with Crippen LogP contribution in [0.25, 0.3) is 0 Å². The van der Waals surface area contributed by atoms with Crippen LogP contribution in [-0.2, 0) is 38.0 Å². The number of hydrogen-bond acceptors (Lipinski definition) is 15. The normalized spacial score (nSPS) is 26.3. The molecular weight excluding hydrogens is 853 g/mol. The van der Waals surface area contributed by atoms with Crippen molar-refractivity contribution in [2.24, 2.45) is 0 Å². The summed E-state index contributed by atoms with van der Waals surface area (Å²) in [6, 6.07) is 0. The molecule has 0 unspecified atom stereocenters. The molecule has 0 saturated carbocycles.